The van der Waals surface area contributed by atoms with Crippen LogP contribution in [0, 0.1) is 0 Å². The lowest BCUT2D eigenvalue weighted by Gasteiger charge is -1.89. The van der Waals surface area contributed by atoms with Gasteiger partial charge in [-0.2, -0.15) is 0 Å². The molecule has 3 N–H and O–H groups in total. The fourth-order valence-electron chi connectivity index (χ4n) is 0.784. The summed E-state index contributed by atoms with van der Waals surface area (Å²) in [6.07, 6.45) is 2.92. The summed E-state index contributed by atoms with van der Waals surface area (Å²) in [5.41, 5.74) is 6.78. The van der Waals surface area contributed by atoms with Gasteiger partial charge in [0.05, 0.1) is 6.33 Å². The number of nitrogens with zero attached hydrogens (tertiary/aromatic N) is 3. The molecule has 5 heteroatoms. The fraction of sp³-hybridized carbons (Fsp3) is 0. The molecule has 10 heavy (non-hydrogen) atoms. The number of nitrogens with two attached hydrogens (primary N) is 1. The molecule has 0 bridgehead atoms. The van der Waals surface area contributed by atoms with Crippen LogP contribution in [0.5, 0.6) is 0 Å². The summed E-state index contributed by atoms with van der Waals surface area (Å²) in [4.78, 5) is 14.4. The molecular formula is C5H5N5. The number of nitrogens with one attached hydrogen (secondary N) is 1. The average molecular weight is 138 g/mol. The Bertz CT molecular complexity index is 352. The second kappa shape index (κ2) is 1.66. The van der Waals surface area contributed by atoms with Crippen molar-refractivity contribution in [1.29, 1.82) is 0 Å². The van der Waals surface area contributed by atoms with Crippen LogP contribution in [0.15, 0.2) is 12.7 Å². The van der Waals surface area contributed by atoms with Gasteiger partial charge >= 0.3 is 0 Å². The topological polar surface area (TPSA) is 80.5 Å². The third kappa shape index (κ3) is 0.540. The molecule has 2 aromatic heterocycles. The van der Waals surface area contributed by atoms with Crippen molar-refractivity contribution in [3.63, 3.8) is 0 Å². The normalized spacial score (nSPS) is 10.4. The van der Waals surface area contributed by atoms with E-state index in [9.17, 15) is 0 Å². The van der Waals surface area contributed by atoms with E-state index in [4.69, 9.17) is 5.73 Å². The molecule has 0 radical (unpaired) electrons. The van der Waals surface area contributed by atoms with Crippen LogP contribution in [0.25, 0.3) is 11.2 Å². The van der Waals surface area contributed by atoms with E-state index in [1.54, 1.807) is 0 Å². The van der Waals surface area contributed by atoms with Crippen LogP contribution in [-0.2, 0) is 0 Å². The van der Waals surface area contributed by atoms with Crippen molar-refractivity contribution in [1.82, 2.24) is 19.9 Å². The molecule has 0 saturated carbocycles. The smallest absolute Gasteiger partial charge is 0.182 e. The molecule has 2 aromatic rings. The maximum absolute atomic E-state index is 5.48. The van der Waals surface area contributed by atoms with E-state index in [0.29, 0.717) is 17.0 Å². The predicted octanol–water partition coefficient (Wildman–Crippen LogP) is -0.0649. The Morgan fingerprint density at radius 2 is 2.20 bits per heavy atom. The minimum absolute atomic E-state index is 0.433. The Balaban J connectivity index is 2.95. The van der Waals surface area contributed by atoms with E-state index >= 15 is 0 Å². The lowest BCUT2D eigenvalue weighted by atomic mass is 10.6. The van der Waals surface area contributed by atoms with Gasteiger partial charge in [-0.1, -0.05) is 0 Å². The van der Waals surface area contributed by atoms with E-state index in [1.807, 2.05) is 0 Å². The maximum atomic E-state index is 5.48. The summed E-state index contributed by atoms with van der Waals surface area (Å²) in [6, 6.07) is 0. The molecule has 0 aromatic carbocycles. The van der Waals surface area contributed by atoms with Crippen molar-refractivity contribution >= 4 is 17.0 Å². The van der Waals surface area contributed by atoms with E-state index < -0.39 is 0 Å². The fourth-order valence-corrected chi connectivity index (χ4v) is 0.784. The number of hydrogen-bond acceptors (Lipinski definition) is 4. The van der Waals surface area contributed by atoms with Gasteiger partial charge in [0.25, 0.3) is 0 Å². The quantitative estimate of drug-likeness (QED) is 0.499. The highest BCUT2D eigenvalue weighted by Gasteiger charge is 1.99. The number of H-pyrrole nitrogens is 1. The summed E-state index contributed by atoms with van der Waals surface area (Å²) >= 11 is 0. The molecule has 0 aliphatic carbocycles. The molecule has 50 valence electrons. The third-order valence-electron chi connectivity index (χ3n) is 1.25. The van der Waals surface area contributed by atoms with Gasteiger partial charge in [0.2, 0.25) is 0 Å². The number of hydrogen-bond donors (Lipinski definition) is 2. The van der Waals surface area contributed by atoms with Crippen molar-refractivity contribution < 1.29 is 0 Å². The van der Waals surface area contributed by atoms with Gasteiger partial charge in [-0.25, -0.2) is 15.0 Å². The molecule has 5 nitrogen and oxygen atoms in total. The molecule has 0 atom stereocenters. The van der Waals surface area contributed by atoms with Crippen molar-refractivity contribution in [3.8, 4) is 0 Å². The first-order chi connectivity index (χ1) is 4.88. The molecule has 0 unspecified atom stereocenters. The molecule has 0 amide bonds. The lowest BCUT2D eigenvalue weighted by Crippen LogP contribution is -1.91. The minimum Gasteiger partial charge on any atom is -0.382 e. The first kappa shape index (κ1) is 5.16. The van der Waals surface area contributed by atoms with Crippen molar-refractivity contribution in [2.24, 2.45) is 0 Å². The molecule has 2 rings (SSSR count). The zero-order chi connectivity index (χ0) is 6.97. The third-order valence-corrected chi connectivity index (χ3v) is 1.25. The van der Waals surface area contributed by atoms with Crippen molar-refractivity contribution in [2.75, 3.05) is 5.73 Å². The molecule has 2 heterocycles. The first-order valence-electron chi connectivity index (χ1n) is 2.77. The second-order valence-corrected chi connectivity index (χ2v) is 1.86. The molecular weight excluding hydrogens is 133 g/mol. The standard InChI is InChI=1S/C5H5N5/c6-4-3-5(9-1-7-3)10-2-8-4/h1-2H,(H3,6,7,8,9,10)/i6+1,8+1,10+1. The number of anilines is 1. The Kier molecular flexibility index (Phi) is 0.858. The van der Waals surface area contributed by atoms with E-state index in [1.165, 1.54) is 12.7 Å². The zero-order valence-corrected chi connectivity index (χ0v) is 5.07. The average Bonchev–Trinajstić information content (AvgIpc) is 2.36. The monoisotopic (exact) mass is 138 g/mol. The summed E-state index contributed by atoms with van der Waals surface area (Å²) in [6.45, 7) is 0. The van der Waals surface area contributed by atoms with Crippen LogP contribution in [-0.4, -0.2) is 19.9 Å². The van der Waals surface area contributed by atoms with Gasteiger partial charge in [0.1, 0.15) is 11.8 Å². The number of fused-ring (bicyclic) bond motifs is 1. The van der Waals surface area contributed by atoms with Crippen LogP contribution in [0.2, 0.25) is 0 Å². The summed E-state index contributed by atoms with van der Waals surface area (Å²) in [5, 5.41) is 0. The van der Waals surface area contributed by atoms with Crippen molar-refractivity contribution in [2.45, 2.75) is 0 Å². The van der Waals surface area contributed by atoms with Crippen LogP contribution in [0.1, 0.15) is 0 Å². The SMILES string of the molecule is [15NH2]c1[15n]c[15n]c2nc[nH]c12. The van der Waals surface area contributed by atoms with Gasteiger partial charge in [-0.05, 0) is 0 Å². The minimum atomic E-state index is 0.433. The van der Waals surface area contributed by atoms with Crippen LogP contribution in [0.4, 0.5) is 5.82 Å². The van der Waals surface area contributed by atoms with Crippen molar-refractivity contribution in [3.05, 3.63) is 12.7 Å². The largest absolute Gasteiger partial charge is 0.382 e. The van der Waals surface area contributed by atoms with Crippen LogP contribution < -0.4 is 5.73 Å². The molecule has 0 spiro atoms. The Morgan fingerprint density at radius 1 is 1.30 bits per heavy atom. The summed E-state index contributed by atoms with van der Waals surface area (Å²) < 4.78 is 0. The number of nitrogen functional groups attached to an aromatic ring is 1. The highest BCUT2D eigenvalue weighted by atomic mass is 15.7. The number of aromatic nitrogens is 4. The molecule has 0 fully saturated rings. The van der Waals surface area contributed by atoms with Gasteiger partial charge in [0.15, 0.2) is 11.5 Å². The Labute approximate surface area is 56.3 Å². The number of imidazole rings is 1. The lowest BCUT2D eigenvalue weighted by molar-refractivity contribution is 1.21. The Morgan fingerprint density at radius 3 is 3.00 bits per heavy atom. The highest BCUT2D eigenvalue weighted by molar-refractivity contribution is 5.80. The van der Waals surface area contributed by atoms with Crippen LogP contribution in [0.3, 0.4) is 0 Å². The van der Waals surface area contributed by atoms with E-state index in [2.05, 4.69) is 19.9 Å². The van der Waals surface area contributed by atoms with E-state index in [0.717, 1.165) is 0 Å². The highest BCUT2D eigenvalue weighted by Crippen LogP contribution is 2.09. The number of aromatic amines is 1. The van der Waals surface area contributed by atoms with Crippen LogP contribution >= 0.6 is 0 Å². The molecule has 0 aliphatic heterocycles. The first-order valence-corrected chi connectivity index (χ1v) is 2.77. The summed E-state index contributed by atoms with van der Waals surface area (Å²) in [7, 11) is 0. The molecule has 0 saturated heterocycles. The van der Waals surface area contributed by atoms with Gasteiger partial charge in [-0.3, -0.25) is 0 Å². The predicted molar refractivity (Wildman–Crippen MR) is 36.1 cm³/mol. The Hall–Kier alpha value is -1.65. The zero-order valence-electron chi connectivity index (χ0n) is 5.07. The van der Waals surface area contributed by atoms with Gasteiger partial charge < -0.3 is 10.7 Å². The summed E-state index contributed by atoms with van der Waals surface area (Å²) in [5.74, 6) is 0.433. The van der Waals surface area contributed by atoms with E-state index in [-0.39, 0.29) is 0 Å². The number of rotatable bonds is 0. The maximum Gasteiger partial charge on any atom is 0.182 e. The molecule has 0 aliphatic rings. The van der Waals surface area contributed by atoms with Gasteiger partial charge in [0, 0.05) is 0 Å². The second-order valence-electron chi connectivity index (χ2n) is 1.86. The van der Waals surface area contributed by atoms with Gasteiger partial charge in [-0.15, -0.1) is 0 Å².